The molecule has 0 radical (unpaired) electrons. The Balaban J connectivity index is 1.86. The van der Waals surface area contributed by atoms with Crippen molar-refractivity contribution in [1.29, 1.82) is 0 Å². The van der Waals surface area contributed by atoms with Gasteiger partial charge in [0.1, 0.15) is 0 Å². The second-order valence-electron chi connectivity index (χ2n) is 7.35. The number of hydrogen-bond acceptors (Lipinski definition) is 1. The third-order valence-corrected chi connectivity index (χ3v) is 6.65. The van der Waals surface area contributed by atoms with E-state index in [0.717, 1.165) is 0 Å². The maximum atomic E-state index is 2.27. The van der Waals surface area contributed by atoms with Gasteiger partial charge in [0.2, 0.25) is 0 Å². The third-order valence-electron chi connectivity index (χ3n) is 5.76. The molecule has 1 heteroatoms. The van der Waals surface area contributed by atoms with Crippen LogP contribution in [0.2, 0.25) is 0 Å². The molecule has 0 fully saturated rings. The number of thiophene rings is 1. The molecule has 6 rings (SSSR count). The standard InChI is InChI=1S/C28H18S/c1-2-11-20-19(9-1)10-7-16-21(20)27-22-12-3-5-14-24(22)28(26-17-8-18-29-26)25-15-6-4-13-23(25)27/h1-18H. The van der Waals surface area contributed by atoms with Crippen molar-refractivity contribution in [2.45, 2.75) is 0 Å². The van der Waals surface area contributed by atoms with E-state index in [1.54, 1.807) is 0 Å². The van der Waals surface area contributed by atoms with E-state index in [1.165, 1.54) is 53.9 Å². The SMILES string of the molecule is c1csc(-c2c3ccccc3c(-c3cccc4ccccc34)c3ccccc23)c1. The van der Waals surface area contributed by atoms with E-state index in [2.05, 4.69) is 109 Å². The Hall–Kier alpha value is -3.42. The molecule has 0 amide bonds. The molecular formula is C28H18S. The molecule has 29 heavy (non-hydrogen) atoms. The molecule has 0 saturated carbocycles. The third kappa shape index (κ3) is 2.52. The molecule has 6 aromatic rings. The smallest absolute Gasteiger partial charge is 0.0355 e. The van der Waals surface area contributed by atoms with E-state index >= 15 is 0 Å². The topological polar surface area (TPSA) is 0 Å². The van der Waals surface area contributed by atoms with Crippen molar-refractivity contribution < 1.29 is 0 Å². The summed E-state index contributed by atoms with van der Waals surface area (Å²) in [6.07, 6.45) is 0. The summed E-state index contributed by atoms with van der Waals surface area (Å²) in [5.41, 5.74) is 3.97. The first-order valence-corrected chi connectivity index (χ1v) is 10.8. The summed E-state index contributed by atoms with van der Waals surface area (Å²) < 4.78 is 0. The fourth-order valence-corrected chi connectivity index (χ4v) is 5.35. The van der Waals surface area contributed by atoms with Gasteiger partial charge in [0.25, 0.3) is 0 Å². The predicted molar refractivity (Wildman–Crippen MR) is 128 cm³/mol. The highest BCUT2D eigenvalue weighted by Gasteiger charge is 2.17. The van der Waals surface area contributed by atoms with Crippen LogP contribution in [0.4, 0.5) is 0 Å². The summed E-state index contributed by atoms with van der Waals surface area (Å²) in [4.78, 5) is 1.32. The fraction of sp³-hybridized carbons (Fsp3) is 0. The highest BCUT2D eigenvalue weighted by Crippen LogP contribution is 2.45. The summed E-state index contributed by atoms with van der Waals surface area (Å²) in [5, 5.41) is 10.00. The van der Waals surface area contributed by atoms with Crippen molar-refractivity contribution in [2.24, 2.45) is 0 Å². The average Bonchev–Trinajstić information content (AvgIpc) is 3.31. The zero-order chi connectivity index (χ0) is 19.2. The van der Waals surface area contributed by atoms with Crippen LogP contribution < -0.4 is 0 Å². The Morgan fingerprint density at radius 1 is 0.414 bits per heavy atom. The quantitative estimate of drug-likeness (QED) is 0.262. The lowest BCUT2D eigenvalue weighted by atomic mass is 9.86. The van der Waals surface area contributed by atoms with E-state index in [1.807, 2.05) is 11.3 Å². The molecule has 0 N–H and O–H groups in total. The van der Waals surface area contributed by atoms with Crippen LogP contribution in [-0.2, 0) is 0 Å². The number of benzene rings is 5. The van der Waals surface area contributed by atoms with Crippen molar-refractivity contribution in [3.8, 4) is 21.6 Å². The van der Waals surface area contributed by atoms with E-state index in [9.17, 15) is 0 Å². The minimum atomic E-state index is 1.28. The molecule has 0 saturated heterocycles. The first kappa shape index (κ1) is 16.5. The van der Waals surface area contributed by atoms with Crippen molar-refractivity contribution >= 4 is 43.7 Å². The highest BCUT2D eigenvalue weighted by molar-refractivity contribution is 7.13. The molecule has 0 aliphatic carbocycles. The van der Waals surface area contributed by atoms with Gasteiger partial charge < -0.3 is 0 Å². The number of rotatable bonds is 2. The second kappa shape index (κ2) is 6.58. The molecule has 0 spiro atoms. The molecule has 0 aliphatic heterocycles. The second-order valence-corrected chi connectivity index (χ2v) is 8.29. The van der Waals surface area contributed by atoms with Crippen molar-refractivity contribution in [3.63, 3.8) is 0 Å². The molecule has 0 bridgehead atoms. The summed E-state index contributed by atoms with van der Waals surface area (Å²) in [6, 6.07) is 37.4. The van der Waals surface area contributed by atoms with E-state index in [4.69, 9.17) is 0 Å². The van der Waals surface area contributed by atoms with Gasteiger partial charge in [-0.05, 0) is 54.9 Å². The maximum absolute atomic E-state index is 2.27. The van der Waals surface area contributed by atoms with Crippen LogP contribution in [0, 0.1) is 0 Å². The van der Waals surface area contributed by atoms with Crippen LogP contribution in [0.15, 0.2) is 109 Å². The summed E-state index contributed by atoms with van der Waals surface area (Å²) >= 11 is 1.81. The van der Waals surface area contributed by atoms with Gasteiger partial charge in [-0.2, -0.15) is 0 Å². The van der Waals surface area contributed by atoms with Crippen LogP contribution in [-0.4, -0.2) is 0 Å². The van der Waals surface area contributed by atoms with Crippen LogP contribution in [0.1, 0.15) is 0 Å². The first-order chi connectivity index (χ1) is 14.4. The monoisotopic (exact) mass is 386 g/mol. The lowest BCUT2D eigenvalue weighted by molar-refractivity contribution is 1.70. The Bertz CT molecular complexity index is 1430. The Labute approximate surface area is 173 Å². The minimum absolute atomic E-state index is 1.28. The van der Waals surface area contributed by atoms with Gasteiger partial charge in [-0.25, -0.2) is 0 Å². The van der Waals surface area contributed by atoms with Gasteiger partial charge >= 0.3 is 0 Å². The van der Waals surface area contributed by atoms with Gasteiger partial charge in [0, 0.05) is 10.4 Å². The van der Waals surface area contributed by atoms with Crippen molar-refractivity contribution in [1.82, 2.24) is 0 Å². The first-order valence-electron chi connectivity index (χ1n) is 9.87. The molecule has 0 aliphatic rings. The van der Waals surface area contributed by atoms with Gasteiger partial charge in [-0.1, -0.05) is 97.1 Å². The number of fused-ring (bicyclic) bond motifs is 3. The van der Waals surface area contributed by atoms with Gasteiger partial charge in [-0.3, -0.25) is 0 Å². The molecule has 136 valence electrons. The lowest BCUT2D eigenvalue weighted by Crippen LogP contribution is -1.90. The Kier molecular flexibility index (Phi) is 3.75. The molecule has 5 aromatic carbocycles. The van der Waals surface area contributed by atoms with Crippen LogP contribution in [0.25, 0.3) is 53.9 Å². The molecule has 0 unspecified atom stereocenters. The van der Waals surface area contributed by atoms with Gasteiger partial charge in [0.15, 0.2) is 0 Å². The largest absolute Gasteiger partial charge is 0.144 e. The van der Waals surface area contributed by atoms with Crippen LogP contribution in [0.5, 0.6) is 0 Å². The minimum Gasteiger partial charge on any atom is -0.144 e. The lowest BCUT2D eigenvalue weighted by Gasteiger charge is -2.18. The van der Waals surface area contributed by atoms with Crippen LogP contribution in [0.3, 0.4) is 0 Å². The maximum Gasteiger partial charge on any atom is 0.0355 e. The molecule has 1 aromatic heterocycles. The van der Waals surface area contributed by atoms with E-state index < -0.39 is 0 Å². The molecular weight excluding hydrogens is 368 g/mol. The average molecular weight is 387 g/mol. The van der Waals surface area contributed by atoms with Gasteiger partial charge in [-0.15, -0.1) is 11.3 Å². The van der Waals surface area contributed by atoms with Gasteiger partial charge in [0.05, 0.1) is 0 Å². The normalized spacial score (nSPS) is 11.4. The van der Waals surface area contributed by atoms with Crippen LogP contribution >= 0.6 is 11.3 Å². The Morgan fingerprint density at radius 2 is 0.966 bits per heavy atom. The highest BCUT2D eigenvalue weighted by atomic mass is 32.1. The van der Waals surface area contributed by atoms with Crippen molar-refractivity contribution in [2.75, 3.05) is 0 Å². The summed E-state index contributed by atoms with van der Waals surface area (Å²) in [6.45, 7) is 0. The summed E-state index contributed by atoms with van der Waals surface area (Å²) in [5.74, 6) is 0. The predicted octanol–water partition coefficient (Wildman–Crippen LogP) is 8.54. The zero-order valence-corrected chi connectivity index (χ0v) is 16.6. The summed E-state index contributed by atoms with van der Waals surface area (Å²) in [7, 11) is 0. The molecule has 0 atom stereocenters. The fourth-order valence-electron chi connectivity index (χ4n) is 4.55. The molecule has 1 heterocycles. The van der Waals surface area contributed by atoms with Crippen molar-refractivity contribution in [3.05, 3.63) is 109 Å². The molecule has 0 nitrogen and oxygen atoms in total. The van der Waals surface area contributed by atoms with E-state index in [0.29, 0.717) is 0 Å². The number of hydrogen-bond donors (Lipinski definition) is 0. The van der Waals surface area contributed by atoms with E-state index in [-0.39, 0.29) is 0 Å². The zero-order valence-electron chi connectivity index (χ0n) is 15.8. The Morgan fingerprint density at radius 3 is 1.59 bits per heavy atom.